The number of hydrogen-bond acceptors (Lipinski definition) is 5. The SMILES string of the molecule is COc1ccc(C)cc1NC(=O)CNC(=O)CCc1ccc(OC)c(OC)c1. The maximum absolute atomic E-state index is 12.1. The third-order valence-corrected chi connectivity index (χ3v) is 4.16. The molecule has 150 valence electrons. The summed E-state index contributed by atoms with van der Waals surface area (Å²) in [6, 6.07) is 11.0. The Morgan fingerprint density at radius 2 is 1.54 bits per heavy atom. The second-order valence-electron chi connectivity index (χ2n) is 6.22. The third-order valence-electron chi connectivity index (χ3n) is 4.16. The Morgan fingerprint density at radius 1 is 0.857 bits per heavy atom. The van der Waals surface area contributed by atoms with E-state index in [1.54, 1.807) is 26.4 Å². The Morgan fingerprint density at radius 3 is 2.21 bits per heavy atom. The molecule has 2 amide bonds. The van der Waals surface area contributed by atoms with Gasteiger partial charge in [-0.2, -0.15) is 0 Å². The number of benzene rings is 2. The van der Waals surface area contributed by atoms with Gasteiger partial charge in [0.15, 0.2) is 11.5 Å². The summed E-state index contributed by atoms with van der Waals surface area (Å²) in [6.07, 6.45) is 0.788. The molecule has 2 aromatic carbocycles. The zero-order chi connectivity index (χ0) is 20.5. The molecule has 0 aliphatic carbocycles. The number of amides is 2. The van der Waals surface area contributed by atoms with Gasteiger partial charge >= 0.3 is 0 Å². The molecule has 0 fully saturated rings. The molecule has 28 heavy (non-hydrogen) atoms. The van der Waals surface area contributed by atoms with Crippen LogP contribution in [-0.2, 0) is 16.0 Å². The van der Waals surface area contributed by atoms with Crippen LogP contribution in [0, 0.1) is 6.92 Å². The summed E-state index contributed by atoms with van der Waals surface area (Å²) in [5, 5.41) is 5.38. The maximum Gasteiger partial charge on any atom is 0.243 e. The number of carbonyl (C=O) groups is 2. The first-order valence-corrected chi connectivity index (χ1v) is 8.89. The first kappa shape index (κ1) is 21.1. The topological polar surface area (TPSA) is 85.9 Å². The second-order valence-corrected chi connectivity index (χ2v) is 6.22. The molecule has 0 saturated carbocycles. The quantitative estimate of drug-likeness (QED) is 0.692. The van der Waals surface area contributed by atoms with Gasteiger partial charge in [-0.05, 0) is 48.7 Å². The molecule has 0 aromatic heterocycles. The predicted molar refractivity (Wildman–Crippen MR) is 107 cm³/mol. The number of hydrogen-bond donors (Lipinski definition) is 2. The number of ether oxygens (including phenoxy) is 3. The van der Waals surface area contributed by atoms with Crippen molar-refractivity contribution in [3.8, 4) is 17.2 Å². The summed E-state index contributed by atoms with van der Waals surface area (Å²) < 4.78 is 15.7. The molecule has 0 aliphatic heterocycles. The summed E-state index contributed by atoms with van der Waals surface area (Å²) >= 11 is 0. The van der Waals surface area contributed by atoms with E-state index in [0.717, 1.165) is 11.1 Å². The van der Waals surface area contributed by atoms with Crippen LogP contribution in [0.5, 0.6) is 17.2 Å². The van der Waals surface area contributed by atoms with Crippen molar-refractivity contribution in [2.45, 2.75) is 19.8 Å². The monoisotopic (exact) mass is 386 g/mol. The van der Waals surface area contributed by atoms with Gasteiger partial charge in [0.05, 0.1) is 33.6 Å². The molecule has 2 N–H and O–H groups in total. The van der Waals surface area contributed by atoms with E-state index >= 15 is 0 Å². The molecule has 0 heterocycles. The number of rotatable bonds is 9. The van der Waals surface area contributed by atoms with Crippen LogP contribution in [0.4, 0.5) is 5.69 Å². The van der Waals surface area contributed by atoms with E-state index in [4.69, 9.17) is 14.2 Å². The molecule has 2 rings (SSSR count). The summed E-state index contributed by atoms with van der Waals surface area (Å²) in [5.74, 6) is 1.30. The molecule has 0 unspecified atom stereocenters. The minimum atomic E-state index is -0.316. The average Bonchev–Trinajstić information content (AvgIpc) is 2.70. The highest BCUT2D eigenvalue weighted by molar-refractivity contribution is 5.95. The lowest BCUT2D eigenvalue weighted by Gasteiger charge is -2.12. The van der Waals surface area contributed by atoms with Crippen molar-refractivity contribution >= 4 is 17.5 Å². The van der Waals surface area contributed by atoms with Gasteiger partial charge in [0.2, 0.25) is 11.8 Å². The van der Waals surface area contributed by atoms with Crippen LogP contribution >= 0.6 is 0 Å². The van der Waals surface area contributed by atoms with Gasteiger partial charge in [-0.3, -0.25) is 9.59 Å². The zero-order valence-corrected chi connectivity index (χ0v) is 16.6. The van der Waals surface area contributed by atoms with Crippen LogP contribution in [0.15, 0.2) is 36.4 Å². The van der Waals surface area contributed by atoms with Gasteiger partial charge in [0.25, 0.3) is 0 Å². The van der Waals surface area contributed by atoms with Crippen LogP contribution in [-0.4, -0.2) is 39.7 Å². The fraction of sp³-hybridized carbons (Fsp3) is 0.333. The van der Waals surface area contributed by atoms with Crippen LogP contribution in [0.2, 0.25) is 0 Å². The molecular weight excluding hydrogens is 360 g/mol. The Kier molecular flexibility index (Phi) is 7.68. The van der Waals surface area contributed by atoms with Crippen molar-refractivity contribution in [3.63, 3.8) is 0 Å². The van der Waals surface area contributed by atoms with E-state index < -0.39 is 0 Å². The molecule has 0 saturated heterocycles. The minimum Gasteiger partial charge on any atom is -0.495 e. The first-order chi connectivity index (χ1) is 13.5. The average molecular weight is 386 g/mol. The standard InChI is InChI=1S/C21H26N2O5/c1-14-5-8-17(26-2)16(11-14)23-21(25)13-22-20(24)10-7-15-6-9-18(27-3)19(12-15)28-4/h5-6,8-9,11-12H,7,10,13H2,1-4H3,(H,22,24)(H,23,25). The van der Waals surface area contributed by atoms with E-state index in [2.05, 4.69) is 10.6 Å². The summed E-state index contributed by atoms with van der Waals surface area (Å²) in [6.45, 7) is 1.81. The zero-order valence-electron chi connectivity index (χ0n) is 16.6. The van der Waals surface area contributed by atoms with Gasteiger partial charge in [0.1, 0.15) is 5.75 Å². The number of methoxy groups -OCH3 is 3. The number of anilines is 1. The summed E-state index contributed by atoms with van der Waals surface area (Å²) in [4.78, 5) is 24.2. The Balaban J connectivity index is 1.82. The van der Waals surface area contributed by atoms with E-state index in [9.17, 15) is 9.59 Å². The second kappa shape index (κ2) is 10.2. The fourth-order valence-corrected chi connectivity index (χ4v) is 2.68. The fourth-order valence-electron chi connectivity index (χ4n) is 2.68. The Hall–Kier alpha value is -3.22. The summed E-state index contributed by atoms with van der Waals surface area (Å²) in [7, 11) is 4.68. The van der Waals surface area contributed by atoms with Crippen LogP contribution in [0.3, 0.4) is 0 Å². The lowest BCUT2D eigenvalue weighted by Crippen LogP contribution is -2.33. The lowest BCUT2D eigenvalue weighted by molar-refractivity contribution is -0.124. The van der Waals surface area contributed by atoms with Gasteiger partial charge in [-0.25, -0.2) is 0 Å². The normalized spacial score (nSPS) is 10.1. The molecule has 0 aliphatic rings. The molecule has 7 heteroatoms. The summed E-state index contributed by atoms with van der Waals surface area (Å²) in [5.41, 5.74) is 2.52. The molecule has 0 bridgehead atoms. The van der Waals surface area contributed by atoms with Crippen molar-refractivity contribution in [1.82, 2.24) is 5.32 Å². The van der Waals surface area contributed by atoms with Gasteiger partial charge in [-0.15, -0.1) is 0 Å². The molecule has 0 radical (unpaired) electrons. The number of nitrogens with one attached hydrogen (secondary N) is 2. The Bertz CT molecular complexity index is 836. The van der Waals surface area contributed by atoms with Crippen LogP contribution in [0.25, 0.3) is 0 Å². The number of aryl methyl sites for hydroxylation is 2. The van der Waals surface area contributed by atoms with Crippen LogP contribution in [0.1, 0.15) is 17.5 Å². The highest BCUT2D eigenvalue weighted by Crippen LogP contribution is 2.28. The lowest BCUT2D eigenvalue weighted by atomic mass is 10.1. The van der Waals surface area contributed by atoms with Crippen molar-refractivity contribution < 1.29 is 23.8 Å². The Labute approximate surface area is 165 Å². The van der Waals surface area contributed by atoms with E-state index in [1.807, 2.05) is 31.2 Å². The highest BCUT2D eigenvalue weighted by Gasteiger charge is 2.11. The molecule has 0 spiro atoms. The van der Waals surface area contributed by atoms with E-state index in [1.165, 1.54) is 7.11 Å². The minimum absolute atomic E-state index is 0.109. The van der Waals surface area contributed by atoms with Gasteiger partial charge < -0.3 is 24.8 Å². The maximum atomic E-state index is 12.1. The van der Waals surface area contributed by atoms with E-state index in [-0.39, 0.29) is 24.8 Å². The smallest absolute Gasteiger partial charge is 0.243 e. The molecule has 0 atom stereocenters. The molecular formula is C21H26N2O5. The molecule has 2 aromatic rings. The third kappa shape index (κ3) is 5.90. The van der Waals surface area contributed by atoms with Crippen molar-refractivity contribution in [2.24, 2.45) is 0 Å². The first-order valence-electron chi connectivity index (χ1n) is 8.89. The highest BCUT2D eigenvalue weighted by atomic mass is 16.5. The number of carbonyl (C=O) groups excluding carboxylic acids is 2. The predicted octanol–water partition coefficient (Wildman–Crippen LogP) is 2.71. The largest absolute Gasteiger partial charge is 0.495 e. The molecule has 7 nitrogen and oxygen atoms in total. The van der Waals surface area contributed by atoms with Crippen molar-refractivity contribution in [1.29, 1.82) is 0 Å². The van der Waals surface area contributed by atoms with Gasteiger partial charge in [0, 0.05) is 6.42 Å². The van der Waals surface area contributed by atoms with Crippen LogP contribution < -0.4 is 24.8 Å². The van der Waals surface area contributed by atoms with Crippen molar-refractivity contribution in [3.05, 3.63) is 47.5 Å². The van der Waals surface area contributed by atoms with Gasteiger partial charge in [-0.1, -0.05) is 12.1 Å². The van der Waals surface area contributed by atoms with Crippen molar-refractivity contribution in [2.75, 3.05) is 33.2 Å². The van der Waals surface area contributed by atoms with E-state index in [0.29, 0.717) is 29.4 Å².